The smallest absolute Gasteiger partial charge is 0.251 e. The van der Waals surface area contributed by atoms with E-state index in [0.717, 1.165) is 11.3 Å². The molecular weight excluding hydrogens is 288 g/mol. The highest BCUT2D eigenvalue weighted by molar-refractivity contribution is 5.94. The van der Waals surface area contributed by atoms with Gasteiger partial charge in [0, 0.05) is 24.3 Å². The maximum atomic E-state index is 12.0. The van der Waals surface area contributed by atoms with Crippen LogP contribution in [0.15, 0.2) is 36.7 Å². The van der Waals surface area contributed by atoms with Crippen molar-refractivity contribution in [3.63, 3.8) is 0 Å². The molecule has 0 saturated carbocycles. The first-order valence-corrected chi connectivity index (χ1v) is 6.67. The standard InChI is InChI=1S/C15H20N4O.ClH/c1-11-8-18-19(10-11)14-6-4-13(5-7-14)15(20)17-9-12(2)16-3;/h4-8,10,12,16H,9H2,1-3H3,(H,17,20);1H. The van der Waals surface area contributed by atoms with Crippen LogP contribution in [0, 0.1) is 6.92 Å². The molecule has 1 heterocycles. The van der Waals surface area contributed by atoms with Gasteiger partial charge in [0.2, 0.25) is 0 Å². The van der Waals surface area contributed by atoms with Gasteiger partial charge in [-0.25, -0.2) is 4.68 Å². The fraction of sp³-hybridized carbons (Fsp3) is 0.333. The molecule has 0 bridgehead atoms. The van der Waals surface area contributed by atoms with Crippen LogP contribution in [0.3, 0.4) is 0 Å². The van der Waals surface area contributed by atoms with Crippen LogP contribution in [0.5, 0.6) is 0 Å². The number of nitrogens with zero attached hydrogens (tertiary/aromatic N) is 2. The van der Waals surface area contributed by atoms with E-state index in [1.807, 2.05) is 51.4 Å². The first-order valence-electron chi connectivity index (χ1n) is 6.67. The zero-order chi connectivity index (χ0) is 14.5. The van der Waals surface area contributed by atoms with Crippen molar-refractivity contribution in [3.8, 4) is 5.69 Å². The molecule has 1 aromatic carbocycles. The lowest BCUT2D eigenvalue weighted by atomic mass is 10.2. The van der Waals surface area contributed by atoms with Crippen molar-refractivity contribution in [2.24, 2.45) is 0 Å². The summed E-state index contributed by atoms with van der Waals surface area (Å²) in [5, 5.41) is 10.2. The van der Waals surface area contributed by atoms with Crippen LogP contribution < -0.4 is 10.6 Å². The molecule has 0 fully saturated rings. The Morgan fingerprint density at radius 2 is 2.00 bits per heavy atom. The second kappa shape index (κ2) is 7.81. The summed E-state index contributed by atoms with van der Waals surface area (Å²) >= 11 is 0. The number of likely N-dealkylation sites (N-methyl/N-ethyl adjacent to an activating group) is 1. The molecule has 1 amide bonds. The molecule has 1 aromatic heterocycles. The van der Waals surface area contributed by atoms with Gasteiger partial charge in [-0.05, 0) is 50.7 Å². The molecule has 2 aromatic rings. The zero-order valence-corrected chi connectivity index (χ0v) is 13.3. The Morgan fingerprint density at radius 1 is 1.33 bits per heavy atom. The highest BCUT2D eigenvalue weighted by atomic mass is 35.5. The summed E-state index contributed by atoms with van der Waals surface area (Å²) < 4.78 is 1.79. The van der Waals surface area contributed by atoms with Gasteiger partial charge in [0.1, 0.15) is 0 Å². The first-order chi connectivity index (χ1) is 9.60. The van der Waals surface area contributed by atoms with E-state index in [1.165, 1.54) is 0 Å². The van der Waals surface area contributed by atoms with Crippen LogP contribution in [0.2, 0.25) is 0 Å². The maximum Gasteiger partial charge on any atom is 0.251 e. The molecule has 0 aliphatic heterocycles. The number of hydrogen-bond donors (Lipinski definition) is 2. The van der Waals surface area contributed by atoms with E-state index in [0.29, 0.717) is 12.1 Å². The van der Waals surface area contributed by atoms with Crippen molar-refractivity contribution in [3.05, 3.63) is 47.8 Å². The van der Waals surface area contributed by atoms with Gasteiger partial charge in [-0.3, -0.25) is 4.79 Å². The minimum Gasteiger partial charge on any atom is -0.350 e. The highest BCUT2D eigenvalue weighted by Crippen LogP contribution is 2.10. The third-order valence-corrected chi connectivity index (χ3v) is 3.17. The lowest BCUT2D eigenvalue weighted by molar-refractivity contribution is 0.0950. The van der Waals surface area contributed by atoms with Crippen molar-refractivity contribution in [2.45, 2.75) is 19.9 Å². The van der Waals surface area contributed by atoms with Crippen molar-refractivity contribution in [2.75, 3.05) is 13.6 Å². The molecule has 1 atom stereocenters. The molecule has 1 unspecified atom stereocenters. The van der Waals surface area contributed by atoms with E-state index < -0.39 is 0 Å². The molecule has 0 spiro atoms. The summed E-state index contributed by atoms with van der Waals surface area (Å²) in [5.41, 5.74) is 2.70. The van der Waals surface area contributed by atoms with Gasteiger partial charge in [-0.1, -0.05) is 0 Å². The van der Waals surface area contributed by atoms with Crippen molar-refractivity contribution in [1.82, 2.24) is 20.4 Å². The fourth-order valence-corrected chi connectivity index (χ4v) is 1.77. The third kappa shape index (κ3) is 4.58. The molecule has 6 heteroatoms. The number of aromatic nitrogens is 2. The Kier molecular flexibility index (Phi) is 6.39. The number of halogens is 1. The molecule has 2 N–H and O–H groups in total. The van der Waals surface area contributed by atoms with E-state index in [2.05, 4.69) is 15.7 Å². The van der Waals surface area contributed by atoms with E-state index in [9.17, 15) is 4.79 Å². The first kappa shape index (κ1) is 17.2. The van der Waals surface area contributed by atoms with Gasteiger partial charge in [0.25, 0.3) is 5.91 Å². The lowest BCUT2D eigenvalue weighted by Gasteiger charge is -2.11. The number of carbonyl (C=O) groups excluding carboxylic acids is 1. The Morgan fingerprint density at radius 3 is 2.52 bits per heavy atom. The fourth-order valence-electron chi connectivity index (χ4n) is 1.77. The number of amides is 1. The molecule has 0 aliphatic rings. The molecular formula is C15H21ClN4O. The SMILES string of the molecule is CNC(C)CNC(=O)c1ccc(-n2cc(C)cn2)cc1.Cl. The molecule has 114 valence electrons. The van der Waals surface area contributed by atoms with Gasteiger partial charge >= 0.3 is 0 Å². The van der Waals surface area contributed by atoms with Crippen LogP contribution in [0.25, 0.3) is 5.69 Å². The van der Waals surface area contributed by atoms with Crippen LogP contribution in [0.4, 0.5) is 0 Å². The van der Waals surface area contributed by atoms with Gasteiger partial charge in [-0.2, -0.15) is 5.10 Å². The zero-order valence-electron chi connectivity index (χ0n) is 12.5. The summed E-state index contributed by atoms with van der Waals surface area (Å²) in [6.45, 7) is 4.62. The number of carbonyl (C=O) groups is 1. The van der Waals surface area contributed by atoms with Gasteiger partial charge < -0.3 is 10.6 Å². The molecule has 0 aliphatic carbocycles. The normalized spacial score (nSPS) is 11.6. The Balaban J connectivity index is 0.00000220. The topological polar surface area (TPSA) is 58.9 Å². The number of aryl methyl sites for hydroxylation is 1. The summed E-state index contributed by atoms with van der Waals surface area (Å²) in [6, 6.07) is 7.66. The van der Waals surface area contributed by atoms with Gasteiger partial charge in [-0.15, -0.1) is 12.4 Å². The van der Waals surface area contributed by atoms with E-state index in [4.69, 9.17) is 0 Å². The maximum absolute atomic E-state index is 12.0. The summed E-state index contributed by atoms with van der Waals surface area (Å²) in [4.78, 5) is 12.0. The third-order valence-electron chi connectivity index (χ3n) is 3.17. The molecule has 0 radical (unpaired) electrons. The predicted octanol–water partition coefficient (Wildman–Crippen LogP) is 1.94. The second-order valence-corrected chi connectivity index (χ2v) is 4.91. The molecule has 0 saturated heterocycles. The summed E-state index contributed by atoms with van der Waals surface area (Å²) in [7, 11) is 1.87. The number of nitrogens with one attached hydrogen (secondary N) is 2. The van der Waals surface area contributed by atoms with Gasteiger partial charge in [0.05, 0.1) is 11.9 Å². The minimum absolute atomic E-state index is 0. The number of rotatable bonds is 5. The summed E-state index contributed by atoms with van der Waals surface area (Å²) in [6.07, 6.45) is 3.75. The van der Waals surface area contributed by atoms with Crippen molar-refractivity contribution < 1.29 is 4.79 Å². The monoisotopic (exact) mass is 308 g/mol. The van der Waals surface area contributed by atoms with Crippen LogP contribution in [-0.4, -0.2) is 35.3 Å². The quantitative estimate of drug-likeness (QED) is 0.887. The highest BCUT2D eigenvalue weighted by Gasteiger charge is 2.07. The molecule has 21 heavy (non-hydrogen) atoms. The molecule has 2 rings (SSSR count). The van der Waals surface area contributed by atoms with Crippen molar-refractivity contribution in [1.29, 1.82) is 0 Å². The van der Waals surface area contributed by atoms with E-state index >= 15 is 0 Å². The average Bonchev–Trinajstić information content (AvgIpc) is 2.91. The van der Waals surface area contributed by atoms with Crippen LogP contribution in [0.1, 0.15) is 22.8 Å². The van der Waals surface area contributed by atoms with Crippen LogP contribution >= 0.6 is 12.4 Å². The lowest BCUT2D eigenvalue weighted by Crippen LogP contribution is -2.37. The minimum atomic E-state index is -0.0599. The summed E-state index contributed by atoms with van der Waals surface area (Å²) in [5.74, 6) is -0.0599. The molecule has 5 nitrogen and oxygen atoms in total. The van der Waals surface area contributed by atoms with Crippen molar-refractivity contribution >= 4 is 18.3 Å². The van der Waals surface area contributed by atoms with E-state index in [1.54, 1.807) is 10.9 Å². The van der Waals surface area contributed by atoms with Crippen LogP contribution in [-0.2, 0) is 0 Å². The largest absolute Gasteiger partial charge is 0.350 e. The van der Waals surface area contributed by atoms with E-state index in [-0.39, 0.29) is 24.4 Å². The Hall–Kier alpha value is -1.85. The predicted molar refractivity (Wildman–Crippen MR) is 86.4 cm³/mol. The Bertz CT molecular complexity index is 580. The second-order valence-electron chi connectivity index (χ2n) is 4.91. The average molecular weight is 309 g/mol. The number of benzene rings is 1. The number of hydrogen-bond acceptors (Lipinski definition) is 3. The Labute approximate surface area is 131 Å². The van der Waals surface area contributed by atoms with Gasteiger partial charge in [0.15, 0.2) is 0 Å².